The van der Waals surface area contributed by atoms with Crippen LogP contribution < -0.4 is 14.8 Å². The second-order valence-electron chi connectivity index (χ2n) is 4.53. The molecule has 0 aliphatic heterocycles. The Morgan fingerprint density at radius 1 is 1.37 bits per heavy atom. The number of nitrogens with one attached hydrogen (secondary N) is 1. The van der Waals surface area contributed by atoms with Crippen molar-refractivity contribution in [3.05, 3.63) is 22.7 Å². The fourth-order valence-corrected chi connectivity index (χ4v) is 2.83. The summed E-state index contributed by atoms with van der Waals surface area (Å²) in [6, 6.07) is 6.13. The average Bonchev–Trinajstić information content (AvgIpc) is 2.39. The number of likely N-dealkylation sites (N-methyl/N-ethyl adjacent to an activating group) is 1. The van der Waals surface area contributed by atoms with Gasteiger partial charge < -0.3 is 19.5 Å². The van der Waals surface area contributed by atoms with E-state index in [9.17, 15) is 0 Å². The van der Waals surface area contributed by atoms with E-state index in [0.29, 0.717) is 6.04 Å². The number of hydrogen-bond donors (Lipinski definition) is 1. The number of methoxy groups -OCH3 is 2. The van der Waals surface area contributed by atoms with Crippen molar-refractivity contribution in [2.45, 2.75) is 31.6 Å². The zero-order valence-electron chi connectivity index (χ0n) is 11.5. The molecule has 1 fully saturated rings. The minimum Gasteiger partial charge on any atom is -0.493 e. The van der Waals surface area contributed by atoms with E-state index >= 15 is 0 Å². The Labute approximate surface area is 122 Å². The molecular formula is C14H20BrNO3. The Balaban J connectivity index is 2.06. The molecule has 0 spiro atoms. The lowest BCUT2D eigenvalue weighted by Crippen LogP contribution is -2.60. The Bertz CT molecular complexity index is 427. The summed E-state index contributed by atoms with van der Waals surface area (Å²) in [5, 5.41) is 3.39. The Morgan fingerprint density at radius 3 is 2.79 bits per heavy atom. The number of halogens is 1. The first-order valence-electron chi connectivity index (χ1n) is 6.46. The molecular weight excluding hydrogens is 310 g/mol. The fourth-order valence-electron chi connectivity index (χ4n) is 2.39. The monoisotopic (exact) mass is 329 g/mol. The van der Waals surface area contributed by atoms with Crippen LogP contribution >= 0.6 is 15.9 Å². The van der Waals surface area contributed by atoms with Gasteiger partial charge in [-0.15, -0.1) is 0 Å². The molecule has 0 bridgehead atoms. The topological polar surface area (TPSA) is 39.7 Å². The summed E-state index contributed by atoms with van der Waals surface area (Å²) < 4.78 is 17.8. The second kappa shape index (κ2) is 6.59. The first-order valence-corrected chi connectivity index (χ1v) is 7.25. The lowest BCUT2D eigenvalue weighted by atomic mass is 9.85. The largest absolute Gasteiger partial charge is 0.493 e. The third-order valence-electron chi connectivity index (χ3n) is 3.41. The standard InChI is InChI=1S/C14H20BrNO3/c1-4-16-10-8-12(14(10)18-3)19-13-9(15)6-5-7-11(13)17-2/h5-7,10,12,14,16H,4,8H2,1-3H3. The van der Waals surface area contributed by atoms with Gasteiger partial charge in [0, 0.05) is 19.6 Å². The molecule has 1 aromatic carbocycles. The number of rotatable bonds is 6. The lowest BCUT2D eigenvalue weighted by molar-refractivity contribution is -0.0892. The summed E-state index contributed by atoms with van der Waals surface area (Å²) in [5.41, 5.74) is 0. The van der Waals surface area contributed by atoms with Crippen molar-refractivity contribution < 1.29 is 14.2 Å². The van der Waals surface area contributed by atoms with Crippen molar-refractivity contribution >= 4 is 15.9 Å². The summed E-state index contributed by atoms with van der Waals surface area (Å²) >= 11 is 3.50. The van der Waals surface area contributed by atoms with Crippen LogP contribution in [0.4, 0.5) is 0 Å². The summed E-state index contributed by atoms with van der Waals surface area (Å²) in [5.74, 6) is 1.48. The minimum atomic E-state index is 0.0571. The van der Waals surface area contributed by atoms with E-state index in [4.69, 9.17) is 14.2 Å². The predicted octanol–water partition coefficient (Wildman–Crippen LogP) is 2.60. The molecule has 5 heteroatoms. The van der Waals surface area contributed by atoms with E-state index in [2.05, 4.69) is 28.2 Å². The van der Waals surface area contributed by atoms with E-state index in [1.54, 1.807) is 14.2 Å². The second-order valence-corrected chi connectivity index (χ2v) is 5.38. The van der Waals surface area contributed by atoms with Crippen LogP contribution in [0.1, 0.15) is 13.3 Å². The van der Waals surface area contributed by atoms with E-state index in [-0.39, 0.29) is 12.2 Å². The summed E-state index contributed by atoms with van der Waals surface area (Å²) in [7, 11) is 3.37. The van der Waals surface area contributed by atoms with E-state index in [1.807, 2.05) is 18.2 Å². The third kappa shape index (κ3) is 3.04. The molecule has 106 valence electrons. The smallest absolute Gasteiger partial charge is 0.175 e. The van der Waals surface area contributed by atoms with Crippen molar-refractivity contribution in [1.29, 1.82) is 0 Å². The van der Waals surface area contributed by atoms with E-state index in [1.165, 1.54) is 0 Å². The highest BCUT2D eigenvalue weighted by Crippen LogP contribution is 2.38. The normalized spacial score (nSPS) is 25.8. The first kappa shape index (κ1) is 14.6. The molecule has 1 saturated carbocycles. The van der Waals surface area contributed by atoms with Gasteiger partial charge in [0.05, 0.1) is 11.6 Å². The molecule has 3 atom stereocenters. The molecule has 1 N–H and O–H groups in total. The highest BCUT2D eigenvalue weighted by molar-refractivity contribution is 9.10. The SMILES string of the molecule is CCNC1CC(Oc2c(Br)cccc2OC)C1OC. The van der Waals surface area contributed by atoms with Gasteiger partial charge in [0.25, 0.3) is 0 Å². The van der Waals surface area contributed by atoms with Crippen LogP contribution in [0.5, 0.6) is 11.5 Å². The van der Waals surface area contributed by atoms with Crippen molar-refractivity contribution in [2.24, 2.45) is 0 Å². The van der Waals surface area contributed by atoms with Gasteiger partial charge in [-0.2, -0.15) is 0 Å². The highest BCUT2D eigenvalue weighted by Gasteiger charge is 2.43. The zero-order chi connectivity index (χ0) is 13.8. The quantitative estimate of drug-likeness (QED) is 0.870. The van der Waals surface area contributed by atoms with Gasteiger partial charge in [-0.3, -0.25) is 0 Å². The van der Waals surface area contributed by atoms with Crippen LogP contribution in [-0.4, -0.2) is 39.0 Å². The number of ether oxygens (including phenoxy) is 3. The van der Waals surface area contributed by atoms with Gasteiger partial charge in [-0.25, -0.2) is 0 Å². The van der Waals surface area contributed by atoms with Gasteiger partial charge in [0.15, 0.2) is 11.5 Å². The molecule has 2 rings (SSSR count). The molecule has 1 aliphatic rings. The summed E-state index contributed by atoms with van der Waals surface area (Å²) in [6.45, 7) is 3.04. The van der Waals surface area contributed by atoms with Crippen molar-refractivity contribution in [3.63, 3.8) is 0 Å². The highest BCUT2D eigenvalue weighted by atomic mass is 79.9. The Hall–Kier alpha value is -0.780. The number of benzene rings is 1. The van der Waals surface area contributed by atoms with Gasteiger partial charge in [-0.05, 0) is 34.6 Å². The zero-order valence-corrected chi connectivity index (χ0v) is 13.1. The van der Waals surface area contributed by atoms with Crippen LogP contribution in [0.3, 0.4) is 0 Å². The molecule has 1 aromatic rings. The van der Waals surface area contributed by atoms with Crippen molar-refractivity contribution in [1.82, 2.24) is 5.32 Å². The first-order chi connectivity index (χ1) is 9.21. The van der Waals surface area contributed by atoms with Crippen LogP contribution in [0.15, 0.2) is 22.7 Å². The fraction of sp³-hybridized carbons (Fsp3) is 0.571. The Kier molecular flexibility index (Phi) is 5.07. The molecule has 3 unspecified atom stereocenters. The van der Waals surface area contributed by atoms with Gasteiger partial charge in [-0.1, -0.05) is 13.0 Å². The molecule has 0 amide bonds. The molecule has 0 aromatic heterocycles. The van der Waals surface area contributed by atoms with Crippen LogP contribution in [0.25, 0.3) is 0 Å². The molecule has 19 heavy (non-hydrogen) atoms. The van der Waals surface area contributed by atoms with Gasteiger partial charge >= 0.3 is 0 Å². The van der Waals surface area contributed by atoms with Crippen molar-refractivity contribution in [3.8, 4) is 11.5 Å². The van der Waals surface area contributed by atoms with Crippen molar-refractivity contribution in [2.75, 3.05) is 20.8 Å². The molecule has 0 saturated heterocycles. The number of hydrogen-bond acceptors (Lipinski definition) is 4. The molecule has 0 radical (unpaired) electrons. The average molecular weight is 330 g/mol. The maximum Gasteiger partial charge on any atom is 0.175 e. The molecule has 4 nitrogen and oxygen atoms in total. The van der Waals surface area contributed by atoms with E-state index < -0.39 is 0 Å². The van der Waals surface area contributed by atoms with Gasteiger partial charge in [0.2, 0.25) is 0 Å². The maximum atomic E-state index is 6.05. The van der Waals surface area contributed by atoms with E-state index in [0.717, 1.165) is 28.9 Å². The van der Waals surface area contributed by atoms with Crippen LogP contribution in [0, 0.1) is 0 Å². The number of para-hydroxylation sites is 1. The third-order valence-corrected chi connectivity index (χ3v) is 4.03. The van der Waals surface area contributed by atoms with Crippen LogP contribution in [-0.2, 0) is 4.74 Å². The maximum absolute atomic E-state index is 6.05. The molecule has 0 heterocycles. The lowest BCUT2D eigenvalue weighted by Gasteiger charge is -2.43. The van der Waals surface area contributed by atoms with Crippen LogP contribution in [0.2, 0.25) is 0 Å². The van der Waals surface area contributed by atoms with Gasteiger partial charge in [0.1, 0.15) is 12.2 Å². The predicted molar refractivity (Wildman–Crippen MR) is 78.0 cm³/mol. The molecule has 1 aliphatic carbocycles. The Morgan fingerprint density at radius 2 is 2.16 bits per heavy atom. The minimum absolute atomic E-state index is 0.0571. The summed E-state index contributed by atoms with van der Waals surface area (Å²) in [6.07, 6.45) is 1.08. The summed E-state index contributed by atoms with van der Waals surface area (Å²) in [4.78, 5) is 0.